The summed E-state index contributed by atoms with van der Waals surface area (Å²) in [5, 5.41) is 0. The van der Waals surface area contributed by atoms with E-state index in [1.807, 2.05) is 0 Å². The average Bonchev–Trinajstić information content (AvgIpc) is 2.89. The predicted octanol–water partition coefficient (Wildman–Crippen LogP) is 1.07. The molecule has 2 heterocycles. The molecular formula is C12H11NO3. The number of hydrogen-bond donors (Lipinski definition) is 0. The molecule has 1 aromatic rings. The fraction of sp³-hybridized carbons (Fsp3) is 0.333. The van der Waals surface area contributed by atoms with Crippen LogP contribution < -0.4 is 0 Å². The third kappa shape index (κ3) is 1.20. The van der Waals surface area contributed by atoms with Crippen LogP contribution in [0.5, 0.6) is 0 Å². The first-order valence-corrected chi connectivity index (χ1v) is 5.33. The Hall–Kier alpha value is -1.68. The number of nitrogens with zero attached hydrogens (tertiary/aromatic N) is 1. The summed E-state index contributed by atoms with van der Waals surface area (Å²) >= 11 is 0. The summed E-state index contributed by atoms with van der Waals surface area (Å²) in [5.41, 5.74) is 1.03. The van der Waals surface area contributed by atoms with Crippen LogP contribution in [0.15, 0.2) is 24.3 Å². The Morgan fingerprint density at radius 3 is 2.25 bits per heavy atom. The highest BCUT2D eigenvalue weighted by atomic mass is 16.5. The van der Waals surface area contributed by atoms with Crippen molar-refractivity contribution in [1.29, 1.82) is 0 Å². The Labute approximate surface area is 92.8 Å². The van der Waals surface area contributed by atoms with E-state index in [4.69, 9.17) is 4.74 Å². The number of imide groups is 1. The lowest BCUT2D eigenvalue weighted by Crippen LogP contribution is -2.40. The molecule has 0 N–H and O–H groups in total. The van der Waals surface area contributed by atoms with Gasteiger partial charge in [0, 0.05) is 6.61 Å². The van der Waals surface area contributed by atoms with Gasteiger partial charge < -0.3 is 4.74 Å². The number of hydrogen-bond acceptors (Lipinski definition) is 3. The maximum absolute atomic E-state index is 12.0. The van der Waals surface area contributed by atoms with Gasteiger partial charge in [-0.05, 0) is 18.6 Å². The van der Waals surface area contributed by atoms with Crippen LogP contribution in [0.3, 0.4) is 0 Å². The van der Waals surface area contributed by atoms with Crippen molar-refractivity contribution in [2.24, 2.45) is 0 Å². The molecule has 16 heavy (non-hydrogen) atoms. The molecule has 82 valence electrons. The molecule has 0 bridgehead atoms. The molecule has 0 aliphatic carbocycles. The maximum atomic E-state index is 12.0. The van der Waals surface area contributed by atoms with E-state index in [-0.39, 0.29) is 17.9 Å². The van der Waals surface area contributed by atoms with Crippen molar-refractivity contribution < 1.29 is 14.3 Å². The lowest BCUT2D eigenvalue weighted by molar-refractivity contribution is 0.0566. The normalized spacial score (nSPS) is 24.0. The molecular weight excluding hydrogens is 206 g/mol. The quantitative estimate of drug-likeness (QED) is 0.661. The van der Waals surface area contributed by atoms with E-state index in [1.54, 1.807) is 24.3 Å². The Bertz CT molecular complexity index is 428. The van der Waals surface area contributed by atoms with E-state index in [2.05, 4.69) is 0 Å². The van der Waals surface area contributed by atoms with E-state index in [0.29, 0.717) is 24.3 Å². The van der Waals surface area contributed by atoms with Gasteiger partial charge in [-0.3, -0.25) is 14.5 Å². The second kappa shape index (κ2) is 3.42. The molecule has 4 heteroatoms. The lowest BCUT2D eigenvalue weighted by Gasteiger charge is -2.19. The summed E-state index contributed by atoms with van der Waals surface area (Å²) in [6.07, 6.45) is 0.742. The molecule has 1 atom stereocenters. The van der Waals surface area contributed by atoms with Crippen LogP contribution >= 0.6 is 0 Å². The SMILES string of the molecule is O=C1c2ccccc2C(=O)N1C1CCOC1. The zero-order valence-electron chi connectivity index (χ0n) is 8.68. The van der Waals surface area contributed by atoms with Crippen molar-refractivity contribution in [3.63, 3.8) is 0 Å². The summed E-state index contributed by atoms with van der Waals surface area (Å²) < 4.78 is 5.22. The van der Waals surface area contributed by atoms with Gasteiger partial charge in [-0.15, -0.1) is 0 Å². The Kier molecular flexibility index (Phi) is 2.04. The topological polar surface area (TPSA) is 46.6 Å². The van der Waals surface area contributed by atoms with Gasteiger partial charge in [0.25, 0.3) is 11.8 Å². The number of carbonyl (C=O) groups excluding carboxylic acids is 2. The monoisotopic (exact) mass is 217 g/mol. The fourth-order valence-corrected chi connectivity index (χ4v) is 2.27. The number of rotatable bonds is 1. The van der Waals surface area contributed by atoms with Gasteiger partial charge in [-0.2, -0.15) is 0 Å². The summed E-state index contributed by atoms with van der Waals surface area (Å²) in [4.78, 5) is 25.4. The molecule has 2 amide bonds. The third-order valence-corrected chi connectivity index (χ3v) is 3.10. The molecule has 2 aliphatic heterocycles. The number of amides is 2. The smallest absolute Gasteiger partial charge is 0.261 e. The van der Waals surface area contributed by atoms with Crippen LogP contribution in [0.2, 0.25) is 0 Å². The third-order valence-electron chi connectivity index (χ3n) is 3.10. The minimum absolute atomic E-state index is 0.0904. The molecule has 1 aromatic carbocycles. The van der Waals surface area contributed by atoms with E-state index >= 15 is 0 Å². The largest absolute Gasteiger partial charge is 0.379 e. The molecule has 4 nitrogen and oxygen atoms in total. The maximum Gasteiger partial charge on any atom is 0.261 e. The predicted molar refractivity (Wildman–Crippen MR) is 56.2 cm³/mol. The van der Waals surface area contributed by atoms with Crippen LogP contribution in [0.25, 0.3) is 0 Å². The highest BCUT2D eigenvalue weighted by molar-refractivity contribution is 6.21. The number of carbonyl (C=O) groups is 2. The van der Waals surface area contributed by atoms with Crippen molar-refractivity contribution in [2.75, 3.05) is 13.2 Å². The van der Waals surface area contributed by atoms with E-state index in [9.17, 15) is 9.59 Å². The van der Waals surface area contributed by atoms with Crippen molar-refractivity contribution in [3.8, 4) is 0 Å². The standard InChI is InChI=1S/C12H11NO3/c14-11-9-3-1-2-4-10(9)12(15)13(11)8-5-6-16-7-8/h1-4,8H,5-7H2. The molecule has 3 rings (SSSR count). The average molecular weight is 217 g/mol. The Morgan fingerprint density at radius 1 is 1.12 bits per heavy atom. The van der Waals surface area contributed by atoms with E-state index in [0.717, 1.165) is 6.42 Å². The van der Waals surface area contributed by atoms with Crippen molar-refractivity contribution in [1.82, 2.24) is 4.90 Å². The molecule has 0 aromatic heterocycles. The van der Waals surface area contributed by atoms with E-state index in [1.165, 1.54) is 4.90 Å². The summed E-state index contributed by atoms with van der Waals surface area (Å²) in [7, 11) is 0. The van der Waals surface area contributed by atoms with Gasteiger partial charge in [0.15, 0.2) is 0 Å². The van der Waals surface area contributed by atoms with Crippen LogP contribution in [0.1, 0.15) is 27.1 Å². The number of fused-ring (bicyclic) bond motifs is 1. The van der Waals surface area contributed by atoms with Gasteiger partial charge in [-0.25, -0.2) is 0 Å². The van der Waals surface area contributed by atoms with Crippen LogP contribution in [0.4, 0.5) is 0 Å². The van der Waals surface area contributed by atoms with Crippen LogP contribution in [-0.4, -0.2) is 36.0 Å². The Balaban J connectivity index is 2.00. The molecule has 0 saturated carbocycles. The molecule has 1 saturated heterocycles. The van der Waals surface area contributed by atoms with Gasteiger partial charge in [-0.1, -0.05) is 12.1 Å². The highest BCUT2D eigenvalue weighted by Gasteiger charge is 2.40. The minimum Gasteiger partial charge on any atom is -0.379 e. The van der Waals surface area contributed by atoms with Crippen LogP contribution in [-0.2, 0) is 4.74 Å². The Morgan fingerprint density at radius 2 is 1.75 bits per heavy atom. The molecule has 1 fully saturated rings. The van der Waals surface area contributed by atoms with Crippen molar-refractivity contribution in [2.45, 2.75) is 12.5 Å². The second-order valence-electron chi connectivity index (χ2n) is 4.04. The van der Waals surface area contributed by atoms with Gasteiger partial charge in [0.05, 0.1) is 23.8 Å². The van der Waals surface area contributed by atoms with Crippen molar-refractivity contribution in [3.05, 3.63) is 35.4 Å². The summed E-state index contributed by atoms with van der Waals surface area (Å²) in [5.74, 6) is -0.368. The molecule has 1 unspecified atom stereocenters. The van der Waals surface area contributed by atoms with Gasteiger partial charge in [0.2, 0.25) is 0 Å². The molecule has 0 radical (unpaired) electrons. The first-order chi connectivity index (χ1) is 7.79. The lowest BCUT2D eigenvalue weighted by atomic mass is 10.1. The first kappa shape index (κ1) is 9.54. The fourth-order valence-electron chi connectivity index (χ4n) is 2.27. The summed E-state index contributed by atoms with van der Waals surface area (Å²) in [6, 6.07) is 6.86. The first-order valence-electron chi connectivity index (χ1n) is 5.33. The van der Waals surface area contributed by atoms with Gasteiger partial charge >= 0.3 is 0 Å². The van der Waals surface area contributed by atoms with Crippen molar-refractivity contribution >= 4 is 11.8 Å². The van der Waals surface area contributed by atoms with Gasteiger partial charge in [0.1, 0.15) is 0 Å². The number of ether oxygens (including phenoxy) is 1. The van der Waals surface area contributed by atoms with Crippen LogP contribution in [0, 0.1) is 0 Å². The molecule has 0 spiro atoms. The second-order valence-corrected chi connectivity index (χ2v) is 4.04. The molecule has 2 aliphatic rings. The van der Waals surface area contributed by atoms with E-state index < -0.39 is 0 Å². The highest BCUT2D eigenvalue weighted by Crippen LogP contribution is 2.26. The summed E-state index contributed by atoms with van der Waals surface area (Å²) in [6.45, 7) is 1.09. The zero-order chi connectivity index (χ0) is 11.1. The zero-order valence-corrected chi connectivity index (χ0v) is 8.68. The number of benzene rings is 1. The minimum atomic E-state index is -0.184.